The highest BCUT2D eigenvalue weighted by atomic mass is 19.1. The van der Waals surface area contributed by atoms with Crippen LogP contribution in [-0.4, -0.2) is 15.1 Å². The van der Waals surface area contributed by atoms with Crippen LogP contribution in [0.15, 0.2) is 29.2 Å². The maximum Gasteiger partial charge on any atom is 0.256 e. The molecule has 0 aliphatic heterocycles. The van der Waals surface area contributed by atoms with Crippen molar-refractivity contribution < 1.29 is 13.9 Å². The molecule has 0 unspecified atom stereocenters. The molecular formula is C11H8F2N2O2. The fourth-order valence-electron chi connectivity index (χ4n) is 1.37. The van der Waals surface area contributed by atoms with E-state index in [-0.39, 0.29) is 17.0 Å². The first-order valence-corrected chi connectivity index (χ1v) is 4.75. The van der Waals surface area contributed by atoms with Gasteiger partial charge in [-0.25, -0.2) is 13.8 Å². The van der Waals surface area contributed by atoms with E-state index in [4.69, 9.17) is 5.11 Å². The van der Waals surface area contributed by atoms with Gasteiger partial charge in [0, 0.05) is 17.8 Å². The van der Waals surface area contributed by atoms with Crippen molar-refractivity contribution in [3.63, 3.8) is 0 Å². The van der Waals surface area contributed by atoms with Crippen molar-refractivity contribution in [2.24, 2.45) is 0 Å². The Balaban J connectivity index is 2.53. The lowest BCUT2D eigenvalue weighted by molar-refractivity contribution is 0.279. The third-order valence-electron chi connectivity index (χ3n) is 2.18. The lowest BCUT2D eigenvalue weighted by Gasteiger charge is -2.02. The maximum atomic E-state index is 13.0. The van der Waals surface area contributed by atoms with Gasteiger partial charge < -0.3 is 10.1 Å². The van der Waals surface area contributed by atoms with E-state index in [1.165, 1.54) is 0 Å². The highest BCUT2D eigenvalue weighted by Crippen LogP contribution is 2.16. The topological polar surface area (TPSA) is 66.0 Å². The average molecular weight is 238 g/mol. The Morgan fingerprint density at radius 2 is 1.88 bits per heavy atom. The van der Waals surface area contributed by atoms with E-state index in [0.29, 0.717) is 0 Å². The van der Waals surface area contributed by atoms with E-state index in [1.807, 2.05) is 0 Å². The molecule has 1 heterocycles. The van der Waals surface area contributed by atoms with Crippen LogP contribution in [0.4, 0.5) is 8.78 Å². The zero-order valence-corrected chi connectivity index (χ0v) is 8.58. The SMILES string of the molecule is O=c1[nH]c(-c2cc(F)cc(F)c2)ncc1CO. The molecule has 0 aliphatic carbocycles. The van der Waals surface area contributed by atoms with Gasteiger partial charge in [0.15, 0.2) is 0 Å². The molecule has 0 bridgehead atoms. The van der Waals surface area contributed by atoms with Crippen LogP contribution < -0.4 is 5.56 Å². The zero-order valence-electron chi connectivity index (χ0n) is 8.58. The molecule has 0 amide bonds. The third-order valence-corrected chi connectivity index (χ3v) is 2.18. The minimum absolute atomic E-state index is 0.0469. The van der Waals surface area contributed by atoms with Crippen LogP contribution in [0.2, 0.25) is 0 Å². The van der Waals surface area contributed by atoms with E-state index in [9.17, 15) is 13.6 Å². The first-order valence-electron chi connectivity index (χ1n) is 4.75. The van der Waals surface area contributed by atoms with Gasteiger partial charge in [0.2, 0.25) is 0 Å². The number of halogens is 2. The predicted octanol–water partition coefficient (Wildman–Crippen LogP) is 1.21. The molecule has 0 radical (unpaired) electrons. The molecule has 2 aromatic rings. The Morgan fingerprint density at radius 3 is 2.41 bits per heavy atom. The summed E-state index contributed by atoms with van der Waals surface area (Å²) in [5.74, 6) is -1.46. The molecule has 4 nitrogen and oxygen atoms in total. The average Bonchev–Trinajstić information content (AvgIpc) is 2.27. The van der Waals surface area contributed by atoms with Gasteiger partial charge in [-0.2, -0.15) is 0 Å². The van der Waals surface area contributed by atoms with Crippen molar-refractivity contribution in [1.29, 1.82) is 0 Å². The normalized spacial score (nSPS) is 10.5. The Labute approximate surface area is 94.6 Å². The van der Waals surface area contributed by atoms with Crippen LogP contribution >= 0.6 is 0 Å². The second-order valence-electron chi connectivity index (χ2n) is 3.40. The van der Waals surface area contributed by atoms with E-state index >= 15 is 0 Å². The van der Waals surface area contributed by atoms with Crippen LogP contribution in [0.25, 0.3) is 11.4 Å². The lowest BCUT2D eigenvalue weighted by atomic mass is 10.2. The zero-order chi connectivity index (χ0) is 12.4. The maximum absolute atomic E-state index is 13.0. The number of aromatic amines is 1. The monoisotopic (exact) mass is 238 g/mol. The molecule has 6 heteroatoms. The van der Waals surface area contributed by atoms with Crippen molar-refractivity contribution in [1.82, 2.24) is 9.97 Å². The second kappa shape index (κ2) is 4.42. The summed E-state index contributed by atoms with van der Waals surface area (Å²) in [5.41, 5.74) is -0.322. The summed E-state index contributed by atoms with van der Waals surface area (Å²) < 4.78 is 25.9. The van der Waals surface area contributed by atoms with E-state index in [2.05, 4.69) is 9.97 Å². The summed E-state index contributed by atoms with van der Waals surface area (Å²) >= 11 is 0. The van der Waals surface area contributed by atoms with Crippen LogP contribution in [0.3, 0.4) is 0 Å². The molecule has 0 aliphatic rings. The molecule has 1 aromatic carbocycles. The van der Waals surface area contributed by atoms with Gasteiger partial charge in [-0.1, -0.05) is 0 Å². The fraction of sp³-hybridized carbons (Fsp3) is 0.0909. The van der Waals surface area contributed by atoms with E-state index < -0.39 is 23.8 Å². The summed E-state index contributed by atoms with van der Waals surface area (Å²) in [4.78, 5) is 17.5. The van der Waals surface area contributed by atoms with Crippen LogP contribution in [-0.2, 0) is 6.61 Å². The molecule has 2 rings (SSSR count). The minimum atomic E-state index is -0.756. The molecule has 88 valence electrons. The second-order valence-corrected chi connectivity index (χ2v) is 3.40. The van der Waals surface area contributed by atoms with Crippen molar-refractivity contribution in [2.75, 3.05) is 0 Å². The fourth-order valence-corrected chi connectivity index (χ4v) is 1.37. The van der Waals surface area contributed by atoms with E-state index in [1.54, 1.807) is 0 Å². The van der Waals surface area contributed by atoms with Gasteiger partial charge in [-0.15, -0.1) is 0 Å². The number of nitrogens with zero attached hydrogens (tertiary/aromatic N) is 1. The number of aromatic nitrogens is 2. The number of benzene rings is 1. The Kier molecular flexibility index (Phi) is 2.97. The standard InChI is InChI=1S/C11H8F2N2O2/c12-8-1-6(2-9(13)3-8)10-14-4-7(5-16)11(17)15-10/h1-4,16H,5H2,(H,14,15,17). The summed E-state index contributed by atoms with van der Waals surface area (Å²) in [6, 6.07) is 2.84. The number of aliphatic hydroxyl groups excluding tert-OH is 1. The number of rotatable bonds is 2. The van der Waals surface area contributed by atoms with E-state index in [0.717, 1.165) is 24.4 Å². The summed E-state index contributed by atoms with van der Waals surface area (Å²) in [6.07, 6.45) is 1.16. The molecular weight excluding hydrogens is 230 g/mol. The number of nitrogens with one attached hydrogen (secondary N) is 1. The number of aliphatic hydroxyl groups is 1. The Bertz CT molecular complexity index is 590. The summed E-state index contributed by atoms with van der Waals surface area (Å²) in [5, 5.41) is 8.79. The van der Waals surface area contributed by atoms with Gasteiger partial charge in [0.05, 0.1) is 12.2 Å². The predicted molar refractivity (Wildman–Crippen MR) is 56.1 cm³/mol. The molecule has 0 atom stereocenters. The molecule has 1 aromatic heterocycles. The van der Waals surface area contributed by atoms with Crippen molar-refractivity contribution in [3.05, 3.63) is 51.9 Å². The first-order chi connectivity index (χ1) is 8.10. The Morgan fingerprint density at radius 1 is 1.24 bits per heavy atom. The van der Waals surface area contributed by atoms with Crippen LogP contribution in [0.1, 0.15) is 5.56 Å². The molecule has 0 saturated heterocycles. The molecule has 0 saturated carbocycles. The smallest absolute Gasteiger partial charge is 0.256 e. The highest BCUT2D eigenvalue weighted by molar-refractivity contribution is 5.54. The number of hydrogen-bond donors (Lipinski definition) is 2. The van der Waals surface area contributed by atoms with Gasteiger partial charge in [0.1, 0.15) is 17.5 Å². The molecule has 0 fully saturated rings. The van der Waals surface area contributed by atoms with Crippen LogP contribution in [0.5, 0.6) is 0 Å². The number of hydrogen-bond acceptors (Lipinski definition) is 3. The third kappa shape index (κ3) is 2.36. The van der Waals surface area contributed by atoms with Gasteiger partial charge in [0.25, 0.3) is 5.56 Å². The highest BCUT2D eigenvalue weighted by Gasteiger charge is 2.07. The minimum Gasteiger partial charge on any atom is -0.391 e. The molecule has 17 heavy (non-hydrogen) atoms. The van der Waals surface area contributed by atoms with Crippen molar-refractivity contribution in [2.45, 2.75) is 6.61 Å². The number of H-pyrrole nitrogens is 1. The first kappa shape index (κ1) is 11.4. The molecule has 2 N–H and O–H groups in total. The summed E-state index contributed by atoms with van der Waals surface area (Å²) in [6.45, 7) is -0.444. The van der Waals surface area contributed by atoms with Crippen molar-refractivity contribution in [3.8, 4) is 11.4 Å². The van der Waals surface area contributed by atoms with Gasteiger partial charge in [-0.3, -0.25) is 4.79 Å². The quantitative estimate of drug-likeness (QED) is 0.826. The Hall–Kier alpha value is -2.08. The largest absolute Gasteiger partial charge is 0.391 e. The molecule has 0 spiro atoms. The lowest BCUT2D eigenvalue weighted by Crippen LogP contribution is -2.14. The summed E-state index contributed by atoms with van der Waals surface area (Å²) in [7, 11) is 0. The van der Waals surface area contributed by atoms with Crippen LogP contribution in [0, 0.1) is 11.6 Å². The van der Waals surface area contributed by atoms with Gasteiger partial charge >= 0.3 is 0 Å². The van der Waals surface area contributed by atoms with Crippen molar-refractivity contribution >= 4 is 0 Å². The van der Waals surface area contributed by atoms with Gasteiger partial charge in [-0.05, 0) is 12.1 Å².